The molecule has 0 saturated carbocycles. The zero-order valence-corrected chi connectivity index (χ0v) is 16.2. The van der Waals surface area contributed by atoms with Gasteiger partial charge in [-0.25, -0.2) is 4.98 Å². The fourth-order valence-corrected chi connectivity index (χ4v) is 3.47. The Bertz CT molecular complexity index is 1050. The number of hydrogen-bond acceptors (Lipinski definition) is 1. The molecule has 2 aromatic heterocycles. The summed E-state index contributed by atoms with van der Waals surface area (Å²) in [5.41, 5.74) is 4.69. The number of para-hydroxylation sites is 2. The molecule has 0 bridgehead atoms. The third-order valence-corrected chi connectivity index (χ3v) is 4.86. The molecule has 2 aromatic carbocycles. The number of hydrogen-bond donors (Lipinski definition) is 1. The monoisotopic (exact) mass is 367 g/mol. The molecule has 0 unspecified atom stereocenters. The lowest BCUT2D eigenvalue weighted by molar-refractivity contribution is -0.717. The summed E-state index contributed by atoms with van der Waals surface area (Å²) in [7, 11) is 0. The van der Waals surface area contributed by atoms with E-state index in [9.17, 15) is 0 Å². The van der Waals surface area contributed by atoms with Crippen molar-refractivity contribution in [1.82, 2.24) is 14.0 Å². The van der Waals surface area contributed by atoms with Gasteiger partial charge in [0.2, 0.25) is 5.78 Å². The van der Waals surface area contributed by atoms with Gasteiger partial charge >= 0.3 is 0 Å². The van der Waals surface area contributed by atoms with Crippen LogP contribution in [0.3, 0.4) is 0 Å². The highest BCUT2D eigenvalue weighted by Gasteiger charge is 2.17. The number of halogens is 1. The van der Waals surface area contributed by atoms with E-state index in [0.717, 1.165) is 46.2 Å². The summed E-state index contributed by atoms with van der Waals surface area (Å²) in [5, 5.41) is 3.13. The van der Waals surface area contributed by atoms with E-state index < -0.39 is 0 Å². The summed E-state index contributed by atoms with van der Waals surface area (Å²) >= 11 is 6.08. The lowest BCUT2D eigenvalue weighted by Gasteiger charge is -2.17. The molecule has 134 valence electrons. The van der Waals surface area contributed by atoms with E-state index in [2.05, 4.69) is 71.6 Å². The molecule has 0 saturated heterocycles. The highest BCUT2D eigenvalue weighted by atomic mass is 35.5. The maximum Gasteiger partial charge on any atom is 0.215 e. The third kappa shape index (κ3) is 3.22. The number of quaternary nitrogens is 1. The molecule has 0 aliphatic heterocycles. The predicted molar refractivity (Wildman–Crippen MR) is 108 cm³/mol. The van der Waals surface area contributed by atoms with Gasteiger partial charge in [-0.1, -0.05) is 35.9 Å². The molecule has 0 radical (unpaired) electrons. The fraction of sp³-hybridized carbons (Fsp3) is 0.286. The summed E-state index contributed by atoms with van der Waals surface area (Å²) in [6.45, 7) is 8.61. The number of imidazole rings is 2. The van der Waals surface area contributed by atoms with Gasteiger partial charge in [-0.15, -0.1) is 0 Å². The van der Waals surface area contributed by atoms with E-state index in [0.29, 0.717) is 0 Å². The normalized spacial score (nSPS) is 12.3. The first-order valence-electron chi connectivity index (χ1n) is 8.99. The van der Waals surface area contributed by atoms with Gasteiger partial charge in [0.1, 0.15) is 0 Å². The third-order valence-electron chi connectivity index (χ3n) is 4.61. The van der Waals surface area contributed by atoms with Gasteiger partial charge in [-0.3, -0.25) is 4.40 Å². The quantitative estimate of drug-likeness (QED) is 0.582. The van der Waals surface area contributed by atoms with Crippen molar-refractivity contribution in [3.05, 3.63) is 59.8 Å². The van der Waals surface area contributed by atoms with Crippen LogP contribution in [0.25, 0.3) is 28.1 Å². The van der Waals surface area contributed by atoms with Gasteiger partial charge in [0, 0.05) is 11.2 Å². The number of rotatable bonds is 4. The Morgan fingerprint density at radius 1 is 1.04 bits per heavy atom. The zero-order valence-electron chi connectivity index (χ0n) is 15.4. The molecule has 0 aliphatic rings. The average molecular weight is 368 g/mol. The standard InChI is InChI=1S/C21H23ClN4/c1-21(2,3)23-12-13-25-19(15-8-10-16(22)11-9-15)14-26-18-7-5-4-6-17(18)24-20(25)26/h4-11,14,23H,12-13H2,1-3H3/p+1. The molecule has 4 nitrogen and oxygen atoms in total. The molecule has 2 heterocycles. The van der Waals surface area contributed by atoms with Crippen molar-refractivity contribution in [1.29, 1.82) is 0 Å². The van der Waals surface area contributed by atoms with Crippen molar-refractivity contribution in [2.75, 3.05) is 6.54 Å². The molecular weight excluding hydrogens is 344 g/mol. The summed E-state index contributed by atoms with van der Waals surface area (Å²) in [5.74, 6) is 0.985. The van der Waals surface area contributed by atoms with Crippen LogP contribution >= 0.6 is 11.6 Å². The van der Waals surface area contributed by atoms with Gasteiger partial charge in [0.15, 0.2) is 0 Å². The Kier molecular flexibility index (Phi) is 4.25. The molecule has 5 heteroatoms. The largest absolute Gasteiger partial charge is 0.341 e. The van der Waals surface area contributed by atoms with Crippen molar-refractivity contribution >= 4 is 28.4 Å². The molecule has 0 spiro atoms. The van der Waals surface area contributed by atoms with Crippen LogP contribution in [0, 0.1) is 0 Å². The second kappa shape index (κ2) is 6.45. The Morgan fingerprint density at radius 3 is 2.50 bits per heavy atom. The van der Waals surface area contributed by atoms with Crippen LogP contribution in [0.1, 0.15) is 20.8 Å². The fourth-order valence-electron chi connectivity index (χ4n) is 3.35. The number of benzene rings is 2. The van der Waals surface area contributed by atoms with Crippen molar-refractivity contribution in [3.8, 4) is 11.3 Å². The molecule has 0 fully saturated rings. The smallest absolute Gasteiger partial charge is 0.215 e. The van der Waals surface area contributed by atoms with E-state index >= 15 is 0 Å². The van der Waals surface area contributed by atoms with Gasteiger partial charge in [-0.05, 0) is 50.6 Å². The second-order valence-electron chi connectivity index (χ2n) is 7.80. The predicted octanol–water partition coefficient (Wildman–Crippen LogP) is 3.97. The minimum absolute atomic E-state index is 0.212. The molecular formula is C21H24ClN4+. The van der Waals surface area contributed by atoms with E-state index in [1.165, 1.54) is 0 Å². The lowest BCUT2D eigenvalue weighted by Crippen LogP contribution is -2.94. The van der Waals surface area contributed by atoms with Crippen LogP contribution in [0.15, 0.2) is 54.7 Å². The molecule has 0 aliphatic carbocycles. The topological polar surface area (TPSA) is 38.8 Å². The molecule has 0 atom stereocenters. The first-order chi connectivity index (χ1) is 12.4. The number of nitrogens with zero attached hydrogens (tertiary/aromatic N) is 3. The zero-order chi connectivity index (χ0) is 18.3. The average Bonchev–Trinajstić information content (AvgIpc) is 3.11. The minimum Gasteiger partial charge on any atom is -0.341 e. The van der Waals surface area contributed by atoms with Crippen molar-refractivity contribution < 1.29 is 5.32 Å². The highest BCUT2D eigenvalue weighted by molar-refractivity contribution is 6.30. The molecule has 4 rings (SSSR count). The Labute approximate surface area is 158 Å². The van der Waals surface area contributed by atoms with Gasteiger partial charge < -0.3 is 9.88 Å². The molecule has 0 amide bonds. The maximum absolute atomic E-state index is 6.08. The van der Waals surface area contributed by atoms with Crippen LogP contribution in [0.5, 0.6) is 0 Å². The Hall–Kier alpha value is -2.30. The van der Waals surface area contributed by atoms with E-state index in [1.807, 2.05) is 18.2 Å². The van der Waals surface area contributed by atoms with Crippen molar-refractivity contribution in [2.45, 2.75) is 32.9 Å². The number of fused-ring (bicyclic) bond motifs is 3. The van der Waals surface area contributed by atoms with Gasteiger partial charge in [0.05, 0.1) is 35.4 Å². The summed E-state index contributed by atoms with van der Waals surface area (Å²) in [4.78, 5) is 4.88. The molecule has 2 N–H and O–H groups in total. The summed E-state index contributed by atoms with van der Waals surface area (Å²) < 4.78 is 4.50. The minimum atomic E-state index is 0.212. The summed E-state index contributed by atoms with van der Waals surface area (Å²) in [6, 6.07) is 16.3. The lowest BCUT2D eigenvalue weighted by atomic mass is 10.1. The second-order valence-corrected chi connectivity index (χ2v) is 8.24. The van der Waals surface area contributed by atoms with Crippen molar-refractivity contribution in [3.63, 3.8) is 0 Å². The Morgan fingerprint density at radius 2 is 1.77 bits per heavy atom. The first-order valence-corrected chi connectivity index (χ1v) is 9.37. The van der Waals surface area contributed by atoms with Gasteiger partial charge in [-0.2, -0.15) is 0 Å². The molecule has 26 heavy (non-hydrogen) atoms. The van der Waals surface area contributed by atoms with Crippen LogP contribution in [-0.4, -0.2) is 26.0 Å². The SMILES string of the molecule is CC(C)(C)[NH2+]CCn1c(-c2ccc(Cl)cc2)cn2c3ccccc3nc12. The highest BCUT2D eigenvalue weighted by Crippen LogP contribution is 2.27. The molecule has 4 aromatic rings. The van der Waals surface area contributed by atoms with Crippen LogP contribution < -0.4 is 5.32 Å². The number of nitrogens with two attached hydrogens (primary N) is 1. The van der Waals surface area contributed by atoms with E-state index in [4.69, 9.17) is 16.6 Å². The van der Waals surface area contributed by atoms with E-state index in [-0.39, 0.29) is 5.54 Å². The van der Waals surface area contributed by atoms with Crippen LogP contribution in [0.4, 0.5) is 0 Å². The van der Waals surface area contributed by atoms with Crippen LogP contribution in [-0.2, 0) is 6.54 Å². The first kappa shape index (κ1) is 17.1. The summed E-state index contributed by atoms with van der Waals surface area (Å²) in [6.07, 6.45) is 2.19. The number of aromatic nitrogens is 3. The van der Waals surface area contributed by atoms with Gasteiger partial charge in [0.25, 0.3) is 0 Å². The Balaban J connectivity index is 1.83. The maximum atomic E-state index is 6.08. The van der Waals surface area contributed by atoms with Crippen LogP contribution in [0.2, 0.25) is 5.02 Å². The van der Waals surface area contributed by atoms with Crippen molar-refractivity contribution in [2.24, 2.45) is 0 Å². The van der Waals surface area contributed by atoms with E-state index in [1.54, 1.807) is 0 Å².